The minimum absolute atomic E-state index is 0.0901. The normalized spacial score (nSPS) is 15.7. The van der Waals surface area contributed by atoms with E-state index in [4.69, 9.17) is 9.78 Å². The van der Waals surface area contributed by atoms with Crippen molar-refractivity contribution >= 4 is 22.8 Å². The standard InChI is InChI=1S/C25H36N4O5/c1-4-15-33-34-17-19-9-8-14-29(19)22(30)10-6-5-7-13-26-25(32)21-16-28(3)24-20(23(21)31)12-11-18(2)27-24/h11-12,16,19H,4-10,13-15,17H2,1-3H3,(H,26,32). The Kier molecular flexibility index (Phi) is 9.59. The number of aromatic nitrogens is 2. The molecule has 0 spiro atoms. The molecule has 9 heteroatoms. The molecule has 3 rings (SSSR count). The highest BCUT2D eigenvalue weighted by Crippen LogP contribution is 2.19. The van der Waals surface area contributed by atoms with Crippen LogP contribution in [0.15, 0.2) is 23.1 Å². The quantitative estimate of drug-likeness (QED) is 0.289. The molecule has 0 aromatic carbocycles. The second kappa shape index (κ2) is 12.6. The summed E-state index contributed by atoms with van der Waals surface area (Å²) < 4.78 is 1.71. The summed E-state index contributed by atoms with van der Waals surface area (Å²) in [5, 5.41) is 3.26. The summed E-state index contributed by atoms with van der Waals surface area (Å²) in [6.07, 6.45) is 7.16. The molecule has 1 N–H and O–H groups in total. The first-order chi connectivity index (χ1) is 16.4. The highest BCUT2D eigenvalue weighted by Gasteiger charge is 2.28. The molecule has 9 nitrogen and oxygen atoms in total. The number of likely N-dealkylation sites (tertiary alicyclic amines) is 1. The zero-order valence-electron chi connectivity index (χ0n) is 20.5. The fourth-order valence-electron chi connectivity index (χ4n) is 4.23. The maximum atomic E-state index is 12.7. The third kappa shape index (κ3) is 6.64. The average Bonchev–Trinajstić information content (AvgIpc) is 3.29. The zero-order valence-corrected chi connectivity index (χ0v) is 20.5. The molecule has 1 saturated heterocycles. The van der Waals surface area contributed by atoms with E-state index in [2.05, 4.69) is 10.3 Å². The Balaban J connectivity index is 1.39. The third-order valence-corrected chi connectivity index (χ3v) is 6.09. The van der Waals surface area contributed by atoms with Crippen LogP contribution < -0.4 is 10.7 Å². The molecular weight excluding hydrogens is 436 g/mol. The van der Waals surface area contributed by atoms with Crippen molar-refractivity contribution in [2.24, 2.45) is 7.05 Å². The van der Waals surface area contributed by atoms with E-state index in [0.29, 0.717) is 37.2 Å². The van der Waals surface area contributed by atoms with Crippen LogP contribution in [0, 0.1) is 6.92 Å². The lowest BCUT2D eigenvalue weighted by Gasteiger charge is -2.24. The smallest absolute Gasteiger partial charge is 0.256 e. The first-order valence-electron chi connectivity index (χ1n) is 12.2. The van der Waals surface area contributed by atoms with Gasteiger partial charge >= 0.3 is 0 Å². The van der Waals surface area contributed by atoms with Gasteiger partial charge in [0, 0.05) is 38.4 Å². The van der Waals surface area contributed by atoms with E-state index in [-0.39, 0.29) is 28.8 Å². The van der Waals surface area contributed by atoms with Crippen molar-refractivity contribution in [2.45, 2.75) is 64.8 Å². The number of nitrogens with one attached hydrogen (secondary N) is 1. The molecule has 3 heterocycles. The molecule has 0 saturated carbocycles. The predicted octanol–water partition coefficient (Wildman–Crippen LogP) is 2.88. The maximum absolute atomic E-state index is 12.7. The number of nitrogens with zero attached hydrogens (tertiary/aromatic N) is 3. The van der Waals surface area contributed by atoms with Gasteiger partial charge in [-0.1, -0.05) is 13.3 Å². The van der Waals surface area contributed by atoms with Gasteiger partial charge in [-0.05, 0) is 51.2 Å². The summed E-state index contributed by atoms with van der Waals surface area (Å²) in [6, 6.07) is 3.57. The minimum atomic E-state index is -0.385. The summed E-state index contributed by atoms with van der Waals surface area (Å²) in [6.45, 7) is 6.08. The molecule has 0 bridgehead atoms. The Bertz CT molecular complexity index is 1050. The molecule has 186 valence electrons. The van der Waals surface area contributed by atoms with Crippen molar-refractivity contribution in [2.75, 3.05) is 26.3 Å². The molecule has 0 aliphatic carbocycles. The van der Waals surface area contributed by atoms with Gasteiger partial charge in [0.25, 0.3) is 5.91 Å². The van der Waals surface area contributed by atoms with Gasteiger partial charge in [-0.3, -0.25) is 14.4 Å². The fourth-order valence-corrected chi connectivity index (χ4v) is 4.23. The van der Waals surface area contributed by atoms with Crippen molar-refractivity contribution in [1.82, 2.24) is 19.8 Å². The van der Waals surface area contributed by atoms with Gasteiger partial charge in [-0.15, -0.1) is 0 Å². The van der Waals surface area contributed by atoms with Crippen molar-refractivity contribution < 1.29 is 19.4 Å². The second-order valence-corrected chi connectivity index (χ2v) is 8.86. The lowest BCUT2D eigenvalue weighted by molar-refractivity contribution is -0.299. The van der Waals surface area contributed by atoms with Gasteiger partial charge in [0.2, 0.25) is 11.3 Å². The number of fused-ring (bicyclic) bond motifs is 1. The lowest BCUT2D eigenvalue weighted by Crippen LogP contribution is -2.38. The summed E-state index contributed by atoms with van der Waals surface area (Å²) in [5.41, 5.74) is 1.17. The molecule has 1 unspecified atom stereocenters. The Morgan fingerprint density at radius 2 is 2.03 bits per heavy atom. The number of aryl methyl sites for hydroxylation is 2. The van der Waals surface area contributed by atoms with E-state index in [1.807, 2.05) is 18.7 Å². The van der Waals surface area contributed by atoms with Crippen molar-refractivity contribution in [3.8, 4) is 0 Å². The Labute approximate surface area is 200 Å². The SMILES string of the molecule is CCCOOCC1CCCN1C(=O)CCCCCNC(=O)c1cn(C)c2nc(C)ccc2c1=O. The zero-order chi connectivity index (χ0) is 24.5. The number of hydrogen-bond donors (Lipinski definition) is 1. The van der Waals surface area contributed by atoms with E-state index in [1.165, 1.54) is 6.20 Å². The highest BCUT2D eigenvalue weighted by atomic mass is 17.2. The van der Waals surface area contributed by atoms with E-state index in [9.17, 15) is 14.4 Å². The maximum Gasteiger partial charge on any atom is 0.256 e. The Morgan fingerprint density at radius 1 is 1.21 bits per heavy atom. The summed E-state index contributed by atoms with van der Waals surface area (Å²) in [4.78, 5) is 54.5. The lowest BCUT2D eigenvalue weighted by atomic mass is 10.1. The van der Waals surface area contributed by atoms with Gasteiger partial charge in [-0.25, -0.2) is 14.8 Å². The number of hydrogen-bond acceptors (Lipinski definition) is 6. The Morgan fingerprint density at radius 3 is 2.82 bits per heavy atom. The summed E-state index contributed by atoms with van der Waals surface area (Å²) in [7, 11) is 1.78. The number of unbranched alkanes of at least 4 members (excludes halogenated alkanes) is 2. The van der Waals surface area contributed by atoms with E-state index >= 15 is 0 Å². The van der Waals surface area contributed by atoms with Crippen LogP contribution in [0.25, 0.3) is 11.0 Å². The van der Waals surface area contributed by atoms with Crippen molar-refractivity contribution in [3.05, 3.63) is 39.8 Å². The van der Waals surface area contributed by atoms with Crippen LogP contribution in [0.4, 0.5) is 0 Å². The van der Waals surface area contributed by atoms with Crippen LogP contribution in [-0.4, -0.2) is 58.6 Å². The molecule has 2 amide bonds. The van der Waals surface area contributed by atoms with Gasteiger partial charge in [0.15, 0.2) is 0 Å². The predicted molar refractivity (Wildman–Crippen MR) is 129 cm³/mol. The first kappa shape index (κ1) is 25.8. The Hall–Kier alpha value is -2.78. The van der Waals surface area contributed by atoms with Crippen molar-refractivity contribution in [1.29, 1.82) is 0 Å². The van der Waals surface area contributed by atoms with Gasteiger partial charge in [0.05, 0.1) is 18.0 Å². The van der Waals surface area contributed by atoms with Crippen molar-refractivity contribution in [3.63, 3.8) is 0 Å². The first-order valence-corrected chi connectivity index (χ1v) is 12.2. The monoisotopic (exact) mass is 472 g/mol. The number of rotatable bonds is 12. The second-order valence-electron chi connectivity index (χ2n) is 8.86. The van der Waals surface area contributed by atoms with Gasteiger partial charge in [0.1, 0.15) is 17.8 Å². The van der Waals surface area contributed by atoms with Crippen LogP contribution in [-0.2, 0) is 21.6 Å². The average molecular weight is 473 g/mol. The van der Waals surface area contributed by atoms with Crippen LogP contribution in [0.3, 0.4) is 0 Å². The van der Waals surface area contributed by atoms with E-state index in [1.54, 1.807) is 23.7 Å². The topological polar surface area (TPSA) is 103 Å². The molecule has 1 aliphatic heterocycles. The fraction of sp³-hybridized carbons (Fsp3) is 0.600. The van der Waals surface area contributed by atoms with Crippen LogP contribution in [0.1, 0.15) is 67.9 Å². The highest BCUT2D eigenvalue weighted by molar-refractivity contribution is 5.96. The van der Waals surface area contributed by atoms with Crippen LogP contribution >= 0.6 is 0 Å². The molecule has 34 heavy (non-hydrogen) atoms. The van der Waals surface area contributed by atoms with E-state index < -0.39 is 0 Å². The van der Waals surface area contributed by atoms with Gasteiger partial charge in [-0.2, -0.15) is 0 Å². The number of carbonyl (C=O) groups is 2. The molecule has 2 aromatic rings. The van der Waals surface area contributed by atoms with Crippen LogP contribution in [0.2, 0.25) is 0 Å². The molecule has 1 fully saturated rings. The molecule has 1 aliphatic rings. The summed E-state index contributed by atoms with van der Waals surface area (Å²) in [5.74, 6) is -0.238. The molecule has 0 radical (unpaired) electrons. The number of amides is 2. The van der Waals surface area contributed by atoms with Crippen LogP contribution in [0.5, 0.6) is 0 Å². The largest absolute Gasteiger partial charge is 0.352 e. The third-order valence-electron chi connectivity index (χ3n) is 6.09. The number of pyridine rings is 2. The summed E-state index contributed by atoms with van der Waals surface area (Å²) >= 11 is 0. The number of carbonyl (C=O) groups excluding carboxylic acids is 2. The molecule has 1 atom stereocenters. The molecular formula is C25H36N4O5. The molecule has 2 aromatic heterocycles. The van der Waals surface area contributed by atoms with E-state index in [0.717, 1.165) is 50.8 Å². The minimum Gasteiger partial charge on any atom is -0.352 e. The van der Waals surface area contributed by atoms with Gasteiger partial charge < -0.3 is 14.8 Å².